The van der Waals surface area contributed by atoms with Crippen molar-refractivity contribution in [1.29, 1.82) is 0 Å². The lowest BCUT2D eigenvalue weighted by Gasteiger charge is -2.39. The molecule has 0 saturated carbocycles. The number of aliphatic hydroxyl groups is 1. The number of amides is 1. The third kappa shape index (κ3) is 8.10. The van der Waals surface area contributed by atoms with Crippen molar-refractivity contribution in [1.82, 2.24) is 9.80 Å². The fourth-order valence-corrected chi connectivity index (χ4v) is 6.96. The van der Waals surface area contributed by atoms with Crippen LogP contribution in [0.2, 0.25) is 0 Å². The van der Waals surface area contributed by atoms with Crippen molar-refractivity contribution in [2.45, 2.75) is 89.0 Å². The van der Waals surface area contributed by atoms with Crippen molar-refractivity contribution in [3.05, 3.63) is 29.3 Å². The van der Waals surface area contributed by atoms with Gasteiger partial charge in [-0.05, 0) is 69.1 Å². The highest BCUT2D eigenvalue weighted by Crippen LogP contribution is 2.49. The second kappa shape index (κ2) is 12.6. The van der Waals surface area contributed by atoms with Crippen LogP contribution in [0.4, 0.5) is 50.0 Å². The molecule has 1 N–H and O–H groups in total. The van der Waals surface area contributed by atoms with Crippen LogP contribution in [0.5, 0.6) is 0 Å². The lowest BCUT2D eigenvalue weighted by molar-refractivity contribution is -0.308. The second-order valence-corrected chi connectivity index (χ2v) is 13.0. The maximum atomic E-state index is 13.7. The van der Waals surface area contributed by atoms with Gasteiger partial charge in [-0.25, -0.2) is 4.79 Å². The van der Waals surface area contributed by atoms with Crippen LogP contribution in [0, 0.1) is 11.3 Å². The first-order valence-corrected chi connectivity index (χ1v) is 14.7. The summed E-state index contributed by atoms with van der Waals surface area (Å²) in [7, 11) is 1.39. The number of carbonyl (C=O) groups is 1. The van der Waals surface area contributed by atoms with E-state index in [-0.39, 0.29) is 19.0 Å². The molecule has 3 fully saturated rings. The molecule has 1 unspecified atom stereocenters. The number of ether oxygens (including phenoxy) is 2. The van der Waals surface area contributed by atoms with Crippen LogP contribution in [-0.2, 0) is 22.2 Å². The number of hydrogen-bond donors (Lipinski definition) is 1. The van der Waals surface area contributed by atoms with Crippen LogP contribution in [0.3, 0.4) is 0 Å². The monoisotopic (exact) mass is 663 g/mol. The molecule has 256 valence electrons. The van der Waals surface area contributed by atoms with Crippen molar-refractivity contribution >= 4 is 11.8 Å². The zero-order valence-corrected chi connectivity index (χ0v) is 25.2. The van der Waals surface area contributed by atoms with Gasteiger partial charge in [-0.2, -0.15) is 39.5 Å². The van der Waals surface area contributed by atoms with E-state index in [0.717, 1.165) is 17.0 Å². The standard InChI is InChI=1S/C29H38F9N3O4/c1-25(2)16-26(8-12-40(13-9-26)24(43)45-23(28(33,34)35)29(36,37)38)17-41(25)15-19-4-5-20(27(30,31)32)14-21(19)39-10-6-18(7-11-39)22(42)44-3/h4-5,14,18,22-23,42H,6-13,15-17H2,1-3H3. The molecule has 1 spiro atoms. The van der Waals surface area contributed by atoms with Crippen LogP contribution >= 0.6 is 0 Å². The Labute approximate surface area is 255 Å². The van der Waals surface area contributed by atoms with E-state index in [9.17, 15) is 49.4 Å². The smallest absolute Gasteiger partial charge is 0.426 e. The summed E-state index contributed by atoms with van der Waals surface area (Å²) in [6.45, 7) is 5.36. The van der Waals surface area contributed by atoms with E-state index in [4.69, 9.17) is 4.74 Å². The largest absolute Gasteiger partial charge is 0.434 e. The highest BCUT2D eigenvalue weighted by Gasteiger charge is 2.60. The van der Waals surface area contributed by atoms with Gasteiger partial charge in [0.15, 0.2) is 6.29 Å². The van der Waals surface area contributed by atoms with E-state index in [0.29, 0.717) is 69.5 Å². The molecule has 16 heteroatoms. The summed E-state index contributed by atoms with van der Waals surface area (Å²) in [6.07, 6.45) is -20.8. The number of carbonyl (C=O) groups excluding carboxylic acids is 1. The Morgan fingerprint density at radius 1 is 0.978 bits per heavy atom. The van der Waals surface area contributed by atoms with Gasteiger partial charge < -0.3 is 24.4 Å². The molecule has 1 amide bonds. The average molecular weight is 664 g/mol. The number of methoxy groups -OCH3 is 1. The molecule has 3 aliphatic rings. The van der Waals surface area contributed by atoms with Crippen LogP contribution in [0.15, 0.2) is 18.2 Å². The fourth-order valence-electron chi connectivity index (χ4n) is 6.96. The molecule has 1 aromatic carbocycles. The fraction of sp³-hybridized carbons (Fsp3) is 0.759. The number of hydrogen-bond acceptors (Lipinski definition) is 6. The zero-order valence-electron chi connectivity index (χ0n) is 25.2. The molecule has 0 aliphatic carbocycles. The van der Waals surface area contributed by atoms with Crippen LogP contribution < -0.4 is 4.90 Å². The summed E-state index contributed by atoms with van der Waals surface area (Å²) in [5.41, 5.74) is -0.529. The van der Waals surface area contributed by atoms with E-state index in [2.05, 4.69) is 9.64 Å². The van der Waals surface area contributed by atoms with Gasteiger partial charge in [0.25, 0.3) is 6.10 Å². The molecule has 4 rings (SSSR count). The summed E-state index contributed by atoms with van der Waals surface area (Å²) in [6, 6.07) is 3.64. The third-order valence-corrected chi connectivity index (χ3v) is 9.38. The van der Waals surface area contributed by atoms with Crippen molar-refractivity contribution in [2.75, 3.05) is 44.7 Å². The predicted molar refractivity (Wildman–Crippen MR) is 144 cm³/mol. The second-order valence-electron chi connectivity index (χ2n) is 13.0. The molecular weight excluding hydrogens is 625 g/mol. The Morgan fingerprint density at radius 2 is 1.56 bits per heavy atom. The van der Waals surface area contributed by atoms with Crippen molar-refractivity contribution in [3.63, 3.8) is 0 Å². The van der Waals surface area contributed by atoms with Gasteiger partial charge in [0.2, 0.25) is 0 Å². The number of piperidine rings is 2. The SMILES string of the molecule is COC(O)C1CCN(c2cc(C(F)(F)F)ccc2CN2CC3(CCN(C(=O)OC(C(F)(F)F)C(F)(F)F)CC3)CC2(C)C)CC1. The number of rotatable bonds is 6. The summed E-state index contributed by atoms with van der Waals surface area (Å²) in [4.78, 5) is 17.1. The highest BCUT2D eigenvalue weighted by molar-refractivity contribution is 5.68. The van der Waals surface area contributed by atoms with E-state index in [1.54, 1.807) is 0 Å². The molecule has 3 heterocycles. The molecular formula is C29H38F9N3O4. The number of nitrogens with zero attached hydrogens (tertiary/aromatic N) is 3. The minimum absolute atomic E-state index is 0.0982. The summed E-state index contributed by atoms with van der Waals surface area (Å²) < 4.78 is 127. The van der Waals surface area contributed by atoms with Gasteiger partial charge in [-0.1, -0.05) is 6.07 Å². The number of alkyl halides is 9. The summed E-state index contributed by atoms with van der Waals surface area (Å²) >= 11 is 0. The van der Waals surface area contributed by atoms with Gasteiger partial charge >= 0.3 is 24.6 Å². The molecule has 3 aliphatic heterocycles. The minimum Gasteiger partial charge on any atom is -0.426 e. The number of benzene rings is 1. The van der Waals surface area contributed by atoms with Crippen molar-refractivity contribution in [2.24, 2.45) is 11.3 Å². The van der Waals surface area contributed by atoms with E-state index < -0.39 is 53.5 Å². The zero-order chi connectivity index (χ0) is 33.6. The van der Waals surface area contributed by atoms with E-state index in [1.165, 1.54) is 13.2 Å². The molecule has 45 heavy (non-hydrogen) atoms. The maximum absolute atomic E-state index is 13.7. The van der Waals surface area contributed by atoms with Gasteiger partial charge in [0.05, 0.1) is 5.56 Å². The van der Waals surface area contributed by atoms with Gasteiger partial charge in [-0.3, -0.25) is 4.90 Å². The molecule has 0 radical (unpaired) electrons. The molecule has 3 saturated heterocycles. The number of likely N-dealkylation sites (tertiary alicyclic amines) is 2. The molecule has 7 nitrogen and oxygen atoms in total. The molecule has 0 bridgehead atoms. The van der Waals surface area contributed by atoms with Crippen LogP contribution in [-0.4, -0.2) is 91.1 Å². The van der Waals surface area contributed by atoms with Crippen molar-refractivity contribution in [3.8, 4) is 0 Å². The number of halogens is 9. The van der Waals surface area contributed by atoms with Gasteiger partial charge in [0.1, 0.15) is 0 Å². The Kier molecular flexibility index (Phi) is 9.93. The number of anilines is 1. The van der Waals surface area contributed by atoms with Crippen LogP contribution in [0.25, 0.3) is 0 Å². The molecule has 0 aromatic heterocycles. The maximum Gasteiger partial charge on any atom is 0.434 e. The van der Waals surface area contributed by atoms with Gasteiger partial charge in [-0.15, -0.1) is 0 Å². The molecule has 1 atom stereocenters. The third-order valence-electron chi connectivity index (χ3n) is 9.38. The van der Waals surface area contributed by atoms with Crippen LogP contribution in [0.1, 0.15) is 57.1 Å². The first kappa shape index (κ1) is 35.4. The summed E-state index contributed by atoms with van der Waals surface area (Å²) in [5.74, 6) is -0.145. The topological polar surface area (TPSA) is 65.5 Å². The van der Waals surface area contributed by atoms with E-state index >= 15 is 0 Å². The predicted octanol–water partition coefficient (Wildman–Crippen LogP) is 6.58. The van der Waals surface area contributed by atoms with Crippen molar-refractivity contribution < 1.29 is 58.9 Å². The Balaban J connectivity index is 1.47. The lowest BCUT2D eigenvalue weighted by Crippen LogP contribution is -2.50. The van der Waals surface area contributed by atoms with E-state index in [1.807, 2.05) is 18.7 Å². The normalized spacial score (nSPS) is 22.4. The number of aliphatic hydroxyl groups excluding tert-OH is 1. The Bertz CT molecular complexity index is 1170. The Morgan fingerprint density at radius 3 is 2.07 bits per heavy atom. The Hall–Kier alpha value is -2.46. The summed E-state index contributed by atoms with van der Waals surface area (Å²) in [5, 5.41) is 10.0. The lowest BCUT2D eigenvalue weighted by atomic mass is 9.74. The average Bonchev–Trinajstić information content (AvgIpc) is 3.18. The quantitative estimate of drug-likeness (QED) is 0.274. The highest BCUT2D eigenvalue weighted by atomic mass is 19.4. The first-order chi connectivity index (χ1) is 20.6. The molecule has 1 aromatic rings. The van der Waals surface area contributed by atoms with Gasteiger partial charge in [0, 0.05) is 63.5 Å². The minimum atomic E-state index is -5.81. The first-order valence-electron chi connectivity index (χ1n) is 14.7.